The van der Waals surface area contributed by atoms with Gasteiger partial charge in [0.25, 0.3) is 0 Å². The molecule has 0 aromatic carbocycles. The number of aromatic nitrogens is 2. The number of hydrogen-bond donors (Lipinski definition) is 1. The van der Waals surface area contributed by atoms with Gasteiger partial charge in [-0.3, -0.25) is 0 Å². The third kappa shape index (κ3) is 4.40. The summed E-state index contributed by atoms with van der Waals surface area (Å²) in [6, 6.07) is 5.70. The molecule has 0 atom stereocenters. The number of hydrogen-bond acceptors (Lipinski definition) is 7. The number of piperazine rings is 1. The first-order chi connectivity index (χ1) is 12.2. The molecular formula is C17H23N5O3. The molecule has 0 spiro atoms. The molecule has 0 aliphatic carbocycles. The molecule has 3 rings (SSSR count). The SMILES string of the molecule is CCOC(=O)N1CCN(c2cc(NCc3ccco3)nc(C)n2)CC1. The molecule has 1 aliphatic heterocycles. The Labute approximate surface area is 146 Å². The van der Waals surface area contributed by atoms with Gasteiger partial charge in [0.2, 0.25) is 0 Å². The zero-order valence-corrected chi connectivity index (χ0v) is 14.6. The van der Waals surface area contributed by atoms with Gasteiger partial charge < -0.3 is 24.3 Å². The van der Waals surface area contributed by atoms with E-state index in [9.17, 15) is 4.79 Å². The Morgan fingerprint density at radius 1 is 1.32 bits per heavy atom. The van der Waals surface area contributed by atoms with Crippen molar-refractivity contribution in [2.75, 3.05) is 43.0 Å². The van der Waals surface area contributed by atoms with Crippen molar-refractivity contribution in [2.45, 2.75) is 20.4 Å². The maximum Gasteiger partial charge on any atom is 0.409 e. The highest BCUT2D eigenvalue weighted by Gasteiger charge is 2.23. The quantitative estimate of drug-likeness (QED) is 0.890. The fraction of sp³-hybridized carbons (Fsp3) is 0.471. The Hall–Kier alpha value is -2.77. The van der Waals surface area contributed by atoms with Crippen molar-refractivity contribution in [1.29, 1.82) is 0 Å². The van der Waals surface area contributed by atoms with Crippen molar-refractivity contribution in [3.63, 3.8) is 0 Å². The van der Waals surface area contributed by atoms with E-state index in [0.717, 1.165) is 17.4 Å². The van der Waals surface area contributed by atoms with Crippen LogP contribution in [0, 0.1) is 6.92 Å². The molecule has 8 nitrogen and oxygen atoms in total. The number of ether oxygens (including phenoxy) is 1. The van der Waals surface area contributed by atoms with Gasteiger partial charge in [-0.05, 0) is 26.0 Å². The van der Waals surface area contributed by atoms with E-state index >= 15 is 0 Å². The highest BCUT2D eigenvalue weighted by molar-refractivity contribution is 5.68. The molecule has 1 saturated heterocycles. The molecule has 0 unspecified atom stereocenters. The number of amides is 1. The first-order valence-corrected chi connectivity index (χ1v) is 8.44. The maximum absolute atomic E-state index is 11.8. The number of rotatable bonds is 5. The van der Waals surface area contributed by atoms with E-state index in [1.807, 2.05) is 32.0 Å². The van der Waals surface area contributed by atoms with Gasteiger partial charge in [-0.25, -0.2) is 14.8 Å². The maximum atomic E-state index is 11.8. The normalized spacial score (nSPS) is 14.5. The zero-order valence-electron chi connectivity index (χ0n) is 14.6. The summed E-state index contributed by atoms with van der Waals surface area (Å²) in [6.07, 6.45) is 1.40. The molecule has 2 aromatic heterocycles. The monoisotopic (exact) mass is 345 g/mol. The lowest BCUT2D eigenvalue weighted by atomic mass is 10.3. The number of aryl methyl sites for hydroxylation is 1. The van der Waals surface area contributed by atoms with E-state index in [4.69, 9.17) is 9.15 Å². The van der Waals surface area contributed by atoms with Gasteiger partial charge in [-0.1, -0.05) is 0 Å². The summed E-state index contributed by atoms with van der Waals surface area (Å²) in [5.74, 6) is 3.16. The molecule has 8 heteroatoms. The van der Waals surface area contributed by atoms with Gasteiger partial charge in [0.15, 0.2) is 0 Å². The van der Waals surface area contributed by atoms with Crippen LogP contribution in [0.4, 0.5) is 16.4 Å². The first kappa shape index (κ1) is 17.1. The van der Waals surface area contributed by atoms with Crippen LogP contribution in [0.1, 0.15) is 18.5 Å². The largest absolute Gasteiger partial charge is 0.467 e. The number of furan rings is 1. The van der Waals surface area contributed by atoms with Crippen LogP contribution in [-0.2, 0) is 11.3 Å². The van der Waals surface area contributed by atoms with Crippen molar-refractivity contribution < 1.29 is 13.9 Å². The molecule has 1 amide bonds. The fourth-order valence-corrected chi connectivity index (χ4v) is 2.73. The van der Waals surface area contributed by atoms with E-state index in [2.05, 4.69) is 20.2 Å². The fourth-order valence-electron chi connectivity index (χ4n) is 2.73. The van der Waals surface area contributed by atoms with Gasteiger partial charge >= 0.3 is 6.09 Å². The number of nitrogens with zero attached hydrogens (tertiary/aromatic N) is 4. The summed E-state index contributed by atoms with van der Waals surface area (Å²) in [5.41, 5.74) is 0. The minimum atomic E-state index is -0.248. The molecule has 1 aliphatic rings. The zero-order chi connectivity index (χ0) is 17.6. The van der Waals surface area contributed by atoms with E-state index in [-0.39, 0.29) is 6.09 Å². The average Bonchev–Trinajstić information content (AvgIpc) is 3.13. The van der Waals surface area contributed by atoms with Crippen LogP contribution in [0.5, 0.6) is 0 Å². The van der Waals surface area contributed by atoms with E-state index in [1.54, 1.807) is 11.2 Å². The molecule has 0 bridgehead atoms. The van der Waals surface area contributed by atoms with Gasteiger partial charge in [-0.15, -0.1) is 0 Å². The lowest BCUT2D eigenvalue weighted by Crippen LogP contribution is -2.49. The number of carbonyl (C=O) groups excluding carboxylic acids is 1. The molecule has 1 N–H and O–H groups in total. The molecular weight excluding hydrogens is 322 g/mol. The smallest absolute Gasteiger partial charge is 0.409 e. The predicted octanol–water partition coefficient (Wildman–Crippen LogP) is 2.27. The summed E-state index contributed by atoms with van der Waals surface area (Å²) in [6.45, 7) is 7.33. The second-order valence-corrected chi connectivity index (χ2v) is 5.76. The van der Waals surface area contributed by atoms with Crippen molar-refractivity contribution >= 4 is 17.7 Å². The highest BCUT2D eigenvalue weighted by Crippen LogP contribution is 2.18. The summed E-state index contributed by atoms with van der Waals surface area (Å²) in [7, 11) is 0. The third-order valence-electron chi connectivity index (χ3n) is 3.98. The third-order valence-corrected chi connectivity index (χ3v) is 3.98. The standard InChI is InChI=1S/C17H23N5O3/c1-3-24-17(23)22-8-6-21(7-9-22)16-11-15(19-13(2)20-16)18-12-14-5-4-10-25-14/h4-5,10-11H,3,6-9,12H2,1-2H3,(H,18,19,20). The van der Waals surface area contributed by atoms with Crippen LogP contribution >= 0.6 is 0 Å². The van der Waals surface area contributed by atoms with Crippen molar-refractivity contribution in [1.82, 2.24) is 14.9 Å². The number of nitrogens with one attached hydrogen (secondary N) is 1. The van der Waals surface area contributed by atoms with Crippen molar-refractivity contribution in [3.05, 3.63) is 36.0 Å². The topological polar surface area (TPSA) is 83.7 Å². The first-order valence-electron chi connectivity index (χ1n) is 8.44. The summed E-state index contributed by atoms with van der Waals surface area (Å²) < 4.78 is 10.4. The van der Waals surface area contributed by atoms with Crippen LogP contribution in [0.3, 0.4) is 0 Å². The molecule has 3 heterocycles. The lowest BCUT2D eigenvalue weighted by Gasteiger charge is -2.34. The second-order valence-electron chi connectivity index (χ2n) is 5.76. The van der Waals surface area contributed by atoms with Crippen LogP contribution < -0.4 is 10.2 Å². The average molecular weight is 345 g/mol. The van der Waals surface area contributed by atoms with Crippen molar-refractivity contribution in [3.8, 4) is 0 Å². The Kier molecular flexibility index (Phi) is 5.37. The van der Waals surface area contributed by atoms with Gasteiger partial charge in [0.1, 0.15) is 23.2 Å². The highest BCUT2D eigenvalue weighted by atomic mass is 16.6. The van der Waals surface area contributed by atoms with Crippen LogP contribution in [0.25, 0.3) is 0 Å². The van der Waals surface area contributed by atoms with Crippen LogP contribution in [-0.4, -0.2) is 53.7 Å². The summed E-state index contributed by atoms with van der Waals surface area (Å²) >= 11 is 0. The Morgan fingerprint density at radius 3 is 2.80 bits per heavy atom. The second kappa shape index (κ2) is 7.87. The predicted molar refractivity (Wildman–Crippen MR) is 93.6 cm³/mol. The summed E-state index contributed by atoms with van der Waals surface area (Å²) in [4.78, 5) is 24.6. The van der Waals surface area contributed by atoms with Crippen molar-refractivity contribution in [2.24, 2.45) is 0 Å². The molecule has 1 fully saturated rings. The Bertz CT molecular complexity index is 696. The Morgan fingerprint density at radius 2 is 2.12 bits per heavy atom. The van der Waals surface area contributed by atoms with Gasteiger partial charge in [0.05, 0.1) is 19.4 Å². The Balaban J connectivity index is 1.61. The van der Waals surface area contributed by atoms with Crippen LogP contribution in [0.2, 0.25) is 0 Å². The number of carbonyl (C=O) groups is 1. The van der Waals surface area contributed by atoms with E-state index in [1.165, 1.54) is 0 Å². The molecule has 2 aromatic rings. The van der Waals surface area contributed by atoms with E-state index in [0.29, 0.717) is 45.2 Å². The molecule has 134 valence electrons. The minimum Gasteiger partial charge on any atom is -0.467 e. The molecule has 0 saturated carbocycles. The van der Waals surface area contributed by atoms with Crippen LogP contribution in [0.15, 0.2) is 28.9 Å². The number of anilines is 2. The van der Waals surface area contributed by atoms with Gasteiger partial charge in [0, 0.05) is 32.2 Å². The minimum absolute atomic E-state index is 0.248. The lowest BCUT2D eigenvalue weighted by molar-refractivity contribution is 0.105. The summed E-state index contributed by atoms with van der Waals surface area (Å²) in [5, 5.41) is 3.26. The van der Waals surface area contributed by atoms with Gasteiger partial charge in [-0.2, -0.15) is 0 Å². The molecule has 0 radical (unpaired) electrons. The van der Waals surface area contributed by atoms with E-state index < -0.39 is 0 Å². The molecule has 25 heavy (non-hydrogen) atoms.